The largest absolute Gasteiger partial charge is 0.368 e. The molecule has 0 bridgehead atoms. The highest BCUT2D eigenvalue weighted by molar-refractivity contribution is 5.83. The maximum atomic E-state index is 11.6. The van der Waals surface area contributed by atoms with Crippen molar-refractivity contribution in [3.8, 4) is 0 Å². The van der Waals surface area contributed by atoms with Crippen LogP contribution in [0.25, 0.3) is 0 Å². The normalized spacial score (nSPS) is 20.4. The van der Waals surface area contributed by atoms with E-state index >= 15 is 0 Å². The van der Waals surface area contributed by atoms with Crippen LogP contribution in [0.3, 0.4) is 0 Å². The second-order valence-corrected chi connectivity index (χ2v) is 6.56. The molecule has 2 aliphatic rings. The van der Waals surface area contributed by atoms with E-state index in [1.165, 1.54) is 12.8 Å². The summed E-state index contributed by atoms with van der Waals surface area (Å²) in [5.74, 6) is 2.25. The molecule has 8 nitrogen and oxygen atoms in total. The van der Waals surface area contributed by atoms with Gasteiger partial charge in [-0.05, 0) is 32.6 Å². The minimum Gasteiger partial charge on any atom is -0.368 e. The number of amides is 1. The van der Waals surface area contributed by atoms with Crippen molar-refractivity contribution in [1.82, 2.24) is 20.2 Å². The summed E-state index contributed by atoms with van der Waals surface area (Å²) < 4.78 is 0. The zero-order chi connectivity index (χ0) is 16.7. The van der Waals surface area contributed by atoms with Crippen molar-refractivity contribution in [2.75, 3.05) is 16.8 Å². The molecule has 126 valence electrons. The number of aromatic nitrogens is 4. The Labute approximate surface area is 139 Å². The number of nitrogens with zero attached hydrogens (tertiary/aromatic N) is 4. The van der Waals surface area contributed by atoms with Crippen LogP contribution in [0, 0.1) is 6.92 Å². The van der Waals surface area contributed by atoms with Crippen LogP contribution in [0.1, 0.15) is 43.0 Å². The third-order valence-electron chi connectivity index (χ3n) is 4.55. The van der Waals surface area contributed by atoms with E-state index in [0.29, 0.717) is 17.7 Å². The van der Waals surface area contributed by atoms with Crippen molar-refractivity contribution >= 4 is 23.5 Å². The lowest BCUT2D eigenvalue weighted by atomic mass is 10.2. The predicted molar refractivity (Wildman–Crippen MR) is 90.2 cm³/mol. The van der Waals surface area contributed by atoms with Gasteiger partial charge in [-0.3, -0.25) is 9.89 Å². The van der Waals surface area contributed by atoms with Gasteiger partial charge in [0.25, 0.3) is 0 Å². The SMILES string of the molecule is Cc1cc(Nc2cc(C3CC3)[nH]n2)nc(N2CCC[C@H]2C(N)=O)n1. The third-order valence-corrected chi connectivity index (χ3v) is 4.55. The Morgan fingerprint density at radius 1 is 1.29 bits per heavy atom. The van der Waals surface area contributed by atoms with Crippen LogP contribution >= 0.6 is 0 Å². The van der Waals surface area contributed by atoms with Gasteiger partial charge in [-0.15, -0.1) is 0 Å². The monoisotopic (exact) mass is 327 g/mol. The lowest BCUT2D eigenvalue weighted by molar-refractivity contribution is -0.119. The predicted octanol–water partition coefficient (Wildman–Crippen LogP) is 1.58. The Bertz CT molecular complexity index is 768. The second-order valence-electron chi connectivity index (χ2n) is 6.56. The molecule has 4 rings (SSSR count). The second kappa shape index (κ2) is 5.77. The molecule has 2 aromatic heterocycles. The quantitative estimate of drug-likeness (QED) is 0.768. The van der Waals surface area contributed by atoms with Crippen molar-refractivity contribution in [3.63, 3.8) is 0 Å². The van der Waals surface area contributed by atoms with Crippen LogP contribution in [-0.4, -0.2) is 38.7 Å². The van der Waals surface area contributed by atoms with E-state index in [0.717, 1.165) is 36.6 Å². The number of aryl methyl sites for hydroxylation is 1. The molecule has 4 N–H and O–H groups in total. The zero-order valence-electron chi connectivity index (χ0n) is 13.6. The highest BCUT2D eigenvalue weighted by Gasteiger charge is 2.31. The fourth-order valence-corrected chi connectivity index (χ4v) is 3.18. The first-order valence-electron chi connectivity index (χ1n) is 8.34. The molecule has 0 spiro atoms. The summed E-state index contributed by atoms with van der Waals surface area (Å²) in [6, 6.07) is 3.56. The number of rotatable bonds is 5. The summed E-state index contributed by atoms with van der Waals surface area (Å²) in [6.45, 7) is 2.65. The number of hydrogen-bond acceptors (Lipinski definition) is 6. The van der Waals surface area contributed by atoms with Crippen LogP contribution < -0.4 is 16.0 Å². The Balaban J connectivity index is 1.57. The van der Waals surface area contributed by atoms with Crippen molar-refractivity contribution in [2.24, 2.45) is 5.73 Å². The van der Waals surface area contributed by atoms with Gasteiger partial charge >= 0.3 is 0 Å². The number of aromatic amines is 1. The molecular formula is C16H21N7O. The molecule has 1 saturated heterocycles. The molecule has 2 fully saturated rings. The Hall–Kier alpha value is -2.64. The summed E-state index contributed by atoms with van der Waals surface area (Å²) in [5, 5.41) is 10.6. The first-order chi connectivity index (χ1) is 11.6. The number of carbonyl (C=O) groups excluding carboxylic acids is 1. The van der Waals surface area contributed by atoms with E-state index in [4.69, 9.17) is 5.73 Å². The molecule has 1 aliphatic heterocycles. The molecule has 0 unspecified atom stereocenters. The van der Waals surface area contributed by atoms with Gasteiger partial charge in [0.05, 0.1) is 0 Å². The number of H-pyrrole nitrogens is 1. The van der Waals surface area contributed by atoms with E-state index in [1.54, 1.807) is 0 Å². The number of primary amides is 1. The van der Waals surface area contributed by atoms with E-state index in [2.05, 4.69) is 25.5 Å². The number of nitrogens with two attached hydrogens (primary N) is 1. The van der Waals surface area contributed by atoms with Crippen LogP contribution in [0.2, 0.25) is 0 Å². The summed E-state index contributed by atoms with van der Waals surface area (Å²) in [5.41, 5.74) is 7.49. The van der Waals surface area contributed by atoms with Crippen molar-refractivity contribution in [3.05, 3.63) is 23.5 Å². The van der Waals surface area contributed by atoms with Crippen LogP contribution in [-0.2, 0) is 4.79 Å². The summed E-state index contributed by atoms with van der Waals surface area (Å²) >= 11 is 0. The molecule has 8 heteroatoms. The van der Waals surface area contributed by atoms with Gasteiger partial charge in [-0.1, -0.05) is 0 Å². The highest BCUT2D eigenvalue weighted by Crippen LogP contribution is 2.39. The highest BCUT2D eigenvalue weighted by atomic mass is 16.1. The molecule has 1 saturated carbocycles. The van der Waals surface area contributed by atoms with Crippen molar-refractivity contribution in [1.29, 1.82) is 0 Å². The Morgan fingerprint density at radius 2 is 2.12 bits per heavy atom. The average molecular weight is 327 g/mol. The third kappa shape index (κ3) is 2.91. The van der Waals surface area contributed by atoms with Gasteiger partial charge in [0, 0.05) is 36.0 Å². The maximum absolute atomic E-state index is 11.6. The molecule has 3 heterocycles. The fourth-order valence-electron chi connectivity index (χ4n) is 3.18. The lowest BCUT2D eigenvalue weighted by Gasteiger charge is -2.22. The van der Waals surface area contributed by atoms with E-state index in [-0.39, 0.29) is 11.9 Å². The van der Waals surface area contributed by atoms with E-state index < -0.39 is 0 Å². The van der Waals surface area contributed by atoms with Gasteiger partial charge < -0.3 is 16.0 Å². The number of anilines is 3. The van der Waals surface area contributed by atoms with E-state index in [9.17, 15) is 4.79 Å². The molecule has 1 aliphatic carbocycles. The molecule has 1 atom stereocenters. The van der Waals surface area contributed by atoms with Gasteiger partial charge in [0.15, 0.2) is 5.82 Å². The van der Waals surface area contributed by atoms with Gasteiger partial charge in [-0.25, -0.2) is 4.98 Å². The average Bonchev–Trinajstić information content (AvgIpc) is 3.08. The van der Waals surface area contributed by atoms with Gasteiger partial charge in [-0.2, -0.15) is 10.1 Å². The fraction of sp³-hybridized carbons (Fsp3) is 0.500. The minimum absolute atomic E-state index is 0.325. The first-order valence-corrected chi connectivity index (χ1v) is 8.34. The summed E-state index contributed by atoms with van der Waals surface area (Å²) in [4.78, 5) is 22.5. The standard InChI is InChI=1S/C16H21N7O/c1-9-7-13(19-14-8-11(21-22-14)10-4-5-10)20-16(18-9)23-6-2-3-12(23)15(17)24/h7-8,10,12H,2-6H2,1H3,(H2,17,24)(H2,18,19,20,21,22)/t12-/m0/s1. The Kier molecular flexibility index (Phi) is 3.59. The number of carbonyl (C=O) groups is 1. The number of nitrogens with one attached hydrogen (secondary N) is 2. The van der Waals surface area contributed by atoms with Crippen LogP contribution in [0.4, 0.5) is 17.6 Å². The van der Waals surface area contributed by atoms with Crippen molar-refractivity contribution < 1.29 is 4.79 Å². The Morgan fingerprint density at radius 3 is 2.88 bits per heavy atom. The lowest BCUT2D eigenvalue weighted by Crippen LogP contribution is -2.41. The topological polar surface area (TPSA) is 113 Å². The van der Waals surface area contributed by atoms with Gasteiger partial charge in [0.1, 0.15) is 11.9 Å². The molecular weight excluding hydrogens is 306 g/mol. The summed E-state index contributed by atoms with van der Waals surface area (Å²) in [6.07, 6.45) is 4.11. The molecule has 24 heavy (non-hydrogen) atoms. The minimum atomic E-state index is -0.327. The summed E-state index contributed by atoms with van der Waals surface area (Å²) in [7, 11) is 0. The zero-order valence-corrected chi connectivity index (χ0v) is 13.6. The number of hydrogen-bond donors (Lipinski definition) is 3. The smallest absolute Gasteiger partial charge is 0.240 e. The molecule has 2 aromatic rings. The van der Waals surface area contributed by atoms with Gasteiger partial charge in [0.2, 0.25) is 11.9 Å². The van der Waals surface area contributed by atoms with E-state index in [1.807, 2.05) is 24.0 Å². The first kappa shape index (κ1) is 14.9. The van der Waals surface area contributed by atoms with Crippen molar-refractivity contribution in [2.45, 2.75) is 44.6 Å². The molecule has 1 amide bonds. The molecule has 0 aromatic carbocycles. The van der Waals surface area contributed by atoms with Crippen LogP contribution in [0.5, 0.6) is 0 Å². The van der Waals surface area contributed by atoms with Crippen LogP contribution in [0.15, 0.2) is 12.1 Å². The molecule has 0 radical (unpaired) electrons. The maximum Gasteiger partial charge on any atom is 0.240 e.